The van der Waals surface area contributed by atoms with E-state index in [0.717, 1.165) is 18.7 Å². The van der Waals surface area contributed by atoms with Crippen LogP contribution in [0.2, 0.25) is 0 Å². The topological polar surface area (TPSA) is 97.4 Å². The summed E-state index contributed by atoms with van der Waals surface area (Å²) < 4.78 is 5.43. The van der Waals surface area contributed by atoms with Crippen LogP contribution in [0.1, 0.15) is 34.1 Å². The maximum Gasteiger partial charge on any atom is 0.311 e. The van der Waals surface area contributed by atoms with Crippen LogP contribution in [0.5, 0.6) is 0 Å². The van der Waals surface area contributed by atoms with Crippen LogP contribution in [0.3, 0.4) is 0 Å². The van der Waals surface area contributed by atoms with Crippen molar-refractivity contribution in [1.29, 1.82) is 0 Å². The van der Waals surface area contributed by atoms with Gasteiger partial charge in [0.05, 0.1) is 28.3 Å². The number of hydrogen-bond acceptors (Lipinski definition) is 7. The molecule has 30 heavy (non-hydrogen) atoms. The zero-order chi connectivity index (χ0) is 22.1. The lowest BCUT2D eigenvalue weighted by molar-refractivity contribution is -0.384. The lowest BCUT2D eigenvalue weighted by Gasteiger charge is -2.25. The molecule has 0 spiro atoms. The Morgan fingerprint density at radius 2 is 1.57 bits per heavy atom. The van der Waals surface area contributed by atoms with Gasteiger partial charge >= 0.3 is 5.97 Å². The van der Waals surface area contributed by atoms with E-state index in [-0.39, 0.29) is 11.7 Å². The summed E-state index contributed by atoms with van der Waals surface area (Å²) in [6, 6.07) is 13.5. The molecule has 160 valence electrons. The first kappa shape index (κ1) is 23.0. The minimum Gasteiger partial charge on any atom is -0.463 e. The van der Waals surface area contributed by atoms with E-state index >= 15 is 0 Å². The molecule has 0 fully saturated rings. The number of azo groups is 1. The van der Waals surface area contributed by atoms with Gasteiger partial charge in [0, 0.05) is 24.4 Å². The van der Waals surface area contributed by atoms with Gasteiger partial charge in [-0.1, -0.05) is 6.92 Å². The van der Waals surface area contributed by atoms with Gasteiger partial charge in [0.2, 0.25) is 0 Å². The normalized spacial score (nSPS) is 11.5. The minimum atomic E-state index is -0.465. The van der Waals surface area contributed by atoms with Gasteiger partial charge in [-0.25, -0.2) is 0 Å². The fourth-order valence-corrected chi connectivity index (χ4v) is 2.54. The van der Waals surface area contributed by atoms with Crippen molar-refractivity contribution in [2.75, 3.05) is 24.6 Å². The van der Waals surface area contributed by atoms with Gasteiger partial charge in [-0.3, -0.25) is 14.9 Å². The fourth-order valence-electron chi connectivity index (χ4n) is 2.54. The number of carbonyl (C=O) groups excluding carboxylic acids is 1. The highest BCUT2D eigenvalue weighted by atomic mass is 16.6. The van der Waals surface area contributed by atoms with Crippen LogP contribution in [0.4, 0.5) is 22.7 Å². The van der Waals surface area contributed by atoms with Gasteiger partial charge in [0.15, 0.2) is 0 Å². The van der Waals surface area contributed by atoms with Gasteiger partial charge in [-0.05, 0) is 63.6 Å². The molecule has 2 aromatic rings. The number of carbonyl (C=O) groups is 1. The number of benzene rings is 2. The van der Waals surface area contributed by atoms with Crippen LogP contribution in [0.25, 0.3) is 0 Å². The zero-order valence-electron chi connectivity index (χ0n) is 17.9. The first-order valence-corrected chi connectivity index (χ1v) is 9.95. The molecule has 0 aliphatic carbocycles. The van der Waals surface area contributed by atoms with Gasteiger partial charge in [0.25, 0.3) is 5.69 Å². The Morgan fingerprint density at radius 1 is 1.03 bits per heavy atom. The Labute approximate surface area is 176 Å². The van der Waals surface area contributed by atoms with Crippen molar-refractivity contribution < 1.29 is 14.5 Å². The molecule has 8 heteroatoms. The molecule has 0 atom stereocenters. The number of ether oxygens (including phenoxy) is 1. The average molecular weight is 412 g/mol. The predicted octanol–water partition coefficient (Wildman–Crippen LogP) is 5.82. The van der Waals surface area contributed by atoms with E-state index in [0.29, 0.717) is 24.5 Å². The van der Waals surface area contributed by atoms with Crippen molar-refractivity contribution >= 4 is 28.7 Å². The number of esters is 1. The van der Waals surface area contributed by atoms with E-state index in [1.807, 2.05) is 52.0 Å². The Kier molecular flexibility index (Phi) is 8.03. The van der Waals surface area contributed by atoms with Gasteiger partial charge in [-0.2, -0.15) is 10.2 Å². The number of nitro benzene ring substituents is 1. The third kappa shape index (κ3) is 6.37. The molecule has 0 radical (unpaired) electrons. The van der Waals surface area contributed by atoms with Crippen LogP contribution in [0, 0.1) is 15.5 Å². The van der Waals surface area contributed by atoms with E-state index in [1.54, 1.807) is 12.1 Å². The van der Waals surface area contributed by atoms with Crippen molar-refractivity contribution in [2.45, 2.75) is 34.1 Å². The first-order valence-electron chi connectivity index (χ1n) is 9.95. The third-order valence-electron chi connectivity index (χ3n) is 4.97. The summed E-state index contributed by atoms with van der Waals surface area (Å²) in [5.74, 6) is -0.178. The highest BCUT2D eigenvalue weighted by Gasteiger charge is 2.26. The van der Waals surface area contributed by atoms with Crippen molar-refractivity contribution in [3.05, 3.63) is 58.6 Å². The monoisotopic (exact) mass is 412 g/mol. The second-order valence-electron chi connectivity index (χ2n) is 7.44. The Hall–Kier alpha value is -3.29. The van der Waals surface area contributed by atoms with Crippen LogP contribution in [0.15, 0.2) is 58.8 Å². The summed E-state index contributed by atoms with van der Waals surface area (Å²) in [5.41, 5.74) is 1.76. The average Bonchev–Trinajstić information content (AvgIpc) is 2.75. The highest BCUT2D eigenvalue weighted by molar-refractivity contribution is 5.75. The standard InChI is InChI=1S/C22H28N4O4/c1-5-22(3,4)21(27)30-16-15-25(6-2)19-11-7-17(8-12-19)23-24-18-9-13-20(14-10-18)26(28)29/h7-14H,5-6,15-16H2,1-4H3. The summed E-state index contributed by atoms with van der Waals surface area (Å²) in [4.78, 5) is 24.4. The molecule has 2 rings (SSSR count). The predicted molar refractivity (Wildman–Crippen MR) is 117 cm³/mol. The summed E-state index contributed by atoms with van der Waals surface area (Å²) in [7, 11) is 0. The van der Waals surface area contributed by atoms with Crippen molar-refractivity contribution in [1.82, 2.24) is 0 Å². The smallest absolute Gasteiger partial charge is 0.311 e. The van der Waals surface area contributed by atoms with Crippen LogP contribution >= 0.6 is 0 Å². The first-order chi connectivity index (χ1) is 14.3. The number of nitro groups is 1. The van der Waals surface area contributed by atoms with Crippen molar-refractivity contribution in [3.63, 3.8) is 0 Å². The SMILES string of the molecule is CCN(CCOC(=O)C(C)(C)CC)c1ccc(N=Nc2ccc([N+](=O)[O-])cc2)cc1. The lowest BCUT2D eigenvalue weighted by atomic mass is 9.91. The van der Waals surface area contributed by atoms with E-state index in [1.165, 1.54) is 12.1 Å². The molecule has 0 bridgehead atoms. The summed E-state index contributed by atoms with van der Waals surface area (Å²) in [6.45, 7) is 9.50. The van der Waals surface area contributed by atoms with Gasteiger partial charge < -0.3 is 9.64 Å². The molecule has 0 heterocycles. The fraction of sp³-hybridized carbons (Fsp3) is 0.409. The minimum absolute atomic E-state index is 0.0156. The van der Waals surface area contributed by atoms with Crippen molar-refractivity contribution in [3.8, 4) is 0 Å². The third-order valence-corrected chi connectivity index (χ3v) is 4.97. The van der Waals surface area contributed by atoms with E-state index in [2.05, 4.69) is 15.1 Å². The molecule has 0 N–H and O–H groups in total. The second-order valence-corrected chi connectivity index (χ2v) is 7.44. The molecular formula is C22H28N4O4. The number of likely N-dealkylation sites (N-methyl/N-ethyl adjacent to an activating group) is 1. The molecule has 0 aliphatic rings. The Bertz CT molecular complexity index is 877. The van der Waals surface area contributed by atoms with Gasteiger partial charge in [0.1, 0.15) is 6.61 Å². The number of nitrogens with zero attached hydrogens (tertiary/aromatic N) is 4. The Balaban J connectivity index is 1.94. The molecule has 0 aliphatic heterocycles. The number of non-ortho nitro benzene ring substituents is 1. The summed E-state index contributed by atoms with van der Waals surface area (Å²) in [6.07, 6.45) is 0.735. The summed E-state index contributed by atoms with van der Waals surface area (Å²) >= 11 is 0. The van der Waals surface area contributed by atoms with E-state index in [4.69, 9.17) is 4.74 Å². The molecule has 0 saturated carbocycles. The van der Waals surface area contributed by atoms with Gasteiger partial charge in [-0.15, -0.1) is 0 Å². The quantitative estimate of drug-likeness (QED) is 0.212. The lowest BCUT2D eigenvalue weighted by Crippen LogP contribution is -2.31. The molecule has 8 nitrogen and oxygen atoms in total. The Morgan fingerprint density at radius 3 is 2.03 bits per heavy atom. The number of anilines is 1. The highest BCUT2D eigenvalue weighted by Crippen LogP contribution is 2.24. The largest absolute Gasteiger partial charge is 0.463 e. The molecular weight excluding hydrogens is 384 g/mol. The number of hydrogen-bond donors (Lipinski definition) is 0. The molecule has 0 saturated heterocycles. The van der Waals surface area contributed by atoms with Crippen LogP contribution in [-0.2, 0) is 9.53 Å². The maximum absolute atomic E-state index is 12.1. The van der Waals surface area contributed by atoms with Crippen LogP contribution < -0.4 is 4.90 Å². The maximum atomic E-state index is 12.1. The molecule has 0 unspecified atom stereocenters. The van der Waals surface area contributed by atoms with Crippen molar-refractivity contribution in [2.24, 2.45) is 15.6 Å². The van der Waals surface area contributed by atoms with Crippen LogP contribution in [-0.4, -0.2) is 30.6 Å². The zero-order valence-corrected chi connectivity index (χ0v) is 17.9. The number of rotatable bonds is 10. The molecule has 0 aromatic heterocycles. The molecule has 0 amide bonds. The summed E-state index contributed by atoms with van der Waals surface area (Å²) in [5, 5.41) is 19.0. The van der Waals surface area contributed by atoms with E-state index < -0.39 is 10.3 Å². The molecule has 2 aromatic carbocycles. The van der Waals surface area contributed by atoms with E-state index in [9.17, 15) is 14.9 Å². The second kappa shape index (κ2) is 10.5.